The number of piperidine rings is 1. The first kappa shape index (κ1) is 23.1. The van der Waals surface area contributed by atoms with E-state index in [4.69, 9.17) is 17.0 Å². The number of hydrogen-bond donors (Lipinski definition) is 2. The van der Waals surface area contributed by atoms with Gasteiger partial charge < -0.3 is 19.3 Å². The molecule has 1 aromatic heterocycles. The minimum atomic E-state index is -4.73. The van der Waals surface area contributed by atoms with Crippen LogP contribution in [-0.2, 0) is 6.54 Å². The van der Waals surface area contributed by atoms with Crippen LogP contribution < -0.4 is 9.54 Å². The van der Waals surface area contributed by atoms with Crippen molar-refractivity contribution < 1.29 is 23.0 Å². The Morgan fingerprint density at radius 3 is 2.50 bits per heavy atom. The Hall–Kier alpha value is -2.07. The van der Waals surface area contributed by atoms with Gasteiger partial charge in [-0.1, -0.05) is 35.1 Å². The molecule has 1 aliphatic rings. The molecule has 32 heavy (non-hydrogen) atoms. The third-order valence-corrected chi connectivity index (χ3v) is 6.94. The van der Waals surface area contributed by atoms with Crippen LogP contribution in [0.15, 0.2) is 42.5 Å². The number of nitrogens with zero attached hydrogens (tertiary/aromatic N) is 2. The second kappa shape index (κ2) is 9.43. The van der Waals surface area contributed by atoms with E-state index in [1.807, 2.05) is 22.8 Å². The molecule has 10 heteroatoms. The third-order valence-electron chi connectivity index (χ3n) is 5.74. The Kier molecular flexibility index (Phi) is 6.80. The fourth-order valence-electron chi connectivity index (χ4n) is 4.09. The van der Waals surface area contributed by atoms with Crippen molar-refractivity contribution in [3.05, 3.63) is 57.9 Å². The lowest BCUT2D eigenvalue weighted by Crippen LogP contribution is -2.38. The number of likely N-dealkylation sites (tertiary alicyclic amines) is 1. The van der Waals surface area contributed by atoms with Crippen LogP contribution in [-0.4, -0.2) is 40.6 Å². The van der Waals surface area contributed by atoms with Gasteiger partial charge in [-0.05, 0) is 67.7 Å². The van der Waals surface area contributed by atoms with Crippen LogP contribution in [0.1, 0.15) is 24.5 Å². The number of rotatable bonds is 6. The van der Waals surface area contributed by atoms with Gasteiger partial charge in [-0.15, -0.1) is 13.2 Å². The summed E-state index contributed by atoms with van der Waals surface area (Å²) in [5.74, 6) is 0.133. The van der Waals surface area contributed by atoms with Crippen LogP contribution in [0.5, 0.6) is 5.75 Å². The summed E-state index contributed by atoms with van der Waals surface area (Å²) in [6.07, 6.45) is -3.62. The van der Waals surface area contributed by atoms with Crippen LogP contribution in [0.2, 0.25) is 5.02 Å². The maximum Gasteiger partial charge on any atom is 0.573 e. The summed E-state index contributed by atoms with van der Waals surface area (Å²) in [5, 5.41) is 19.5. The van der Waals surface area contributed by atoms with E-state index in [1.165, 1.54) is 35.6 Å². The molecule has 1 saturated heterocycles. The van der Waals surface area contributed by atoms with E-state index >= 15 is 0 Å². The molecule has 1 atom stereocenters. The number of hydrogen-bond acceptors (Lipinski definition) is 5. The zero-order chi connectivity index (χ0) is 22.9. The zero-order valence-electron chi connectivity index (χ0n) is 17.1. The summed E-state index contributed by atoms with van der Waals surface area (Å²) in [5.41, 5.74) is 1.58. The molecule has 0 spiro atoms. The molecule has 2 aromatic carbocycles. The molecule has 3 aromatic rings. The Labute approximate surface area is 192 Å². The Morgan fingerprint density at radius 1 is 1.16 bits per heavy atom. The number of fused-ring (bicyclic) bond motifs is 1. The Balaban J connectivity index is 1.30. The van der Waals surface area contributed by atoms with Crippen molar-refractivity contribution >= 4 is 33.2 Å². The SMILES string of the molecule is N=c1sc2cc(Cl)ccc2n1CC1CCN(C[C@H](O)c2ccc(OC(F)(F)F)cc2)CC1. The lowest BCUT2D eigenvalue weighted by molar-refractivity contribution is -0.274. The number of benzene rings is 2. The number of thiazole rings is 1. The van der Waals surface area contributed by atoms with Crippen LogP contribution in [0.25, 0.3) is 10.2 Å². The molecule has 0 radical (unpaired) electrons. The molecule has 5 nitrogen and oxygen atoms in total. The van der Waals surface area contributed by atoms with Crippen LogP contribution in [0.4, 0.5) is 13.2 Å². The van der Waals surface area contributed by atoms with Crippen molar-refractivity contribution in [3.8, 4) is 5.75 Å². The van der Waals surface area contributed by atoms with E-state index in [9.17, 15) is 18.3 Å². The van der Waals surface area contributed by atoms with Crippen molar-refractivity contribution in [3.63, 3.8) is 0 Å². The highest BCUT2D eigenvalue weighted by molar-refractivity contribution is 7.16. The lowest BCUT2D eigenvalue weighted by atomic mass is 9.96. The average molecular weight is 486 g/mol. The molecule has 0 aliphatic carbocycles. The second-order valence-electron chi connectivity index (χ2n) is 8.01. The molecule has 0 bridgehead atoms. The second-order valence-corrected chi connectivity index (χ2v) is 9.47. The predicted molar refractivity (Wildman–Crippen MR) is 118 cm³/mol. The van der Waals surface area contributed by atoms with E-state index in [-0.39, 0.29) is 5.75 Å². The molecule has 2 N–H and O–H groups in total. The van der Waals surface area contributed by atoms with E-state index in [2.05, 4.69) is 9.64 Å². The molecular formula is C22H23ClF3N3O2S. The molecule has 2 heterocycles. The van der Waals surface area contributed by atoms with Gasteiger partial charge >= 0.3 is 6.36 Å². The standard InChI is InChI=1S/C22H23ClF3N3O2S/c23-16-3-6-18-20(11-16)32-21(27)29(18)12-14-7-9-28(10-8-14)13-19(30)15-1-4-17(5-2-15)31-22(24,25)26/h1-6,11,14,19,27,30H,7-10,12-13H2/t19-/m0/s1. The number of β-amino-alcohol motifs (C(OH)–C–C–N with tert-alkyl or cyclic N) is 1. The van der Waals surface area contributed by atoms with Gasteiger partial charge in [0.25, 0.3) is 0 Å². The number of ether oxygens (including phenoxy) is 1. The maximum absolute atomic E-state index is 12.3. The number of nitrogens with one attached hydrogen (secondary N) is 1. The Morgan fingerprint density at radius 2 is 1.84 bits per heavy atom. The summed E-state index contributed by atoms with van der Waals surface area (Å²) in [6, 6.07) is 11.0. The monoisotopic (exact) mass is 485 g/mol. The van der Waals surface area contributed by atoms with E-state index in [0.717, 1.165) is 42.7 Å². The largest absolute Gasteiger partial charge is 0.573 e. The van der Waals surface area contributed by atoms with Gasteiger partial charge in [0.05, 0.1) is 16.3 Å². The Bertz CT molecular complexity index is 1120. The summed E-state index contributed by atoms with van der Waals surface area (Å²) < 4.78 is 43.8. The van der Waals surface area contributed by atoms with Gasteiger partial charge in [0.15, 0.2) is 4.80 Å². The number of aliphatic hydroxyl groups excluding tert-OH is 1. The fourth-order valence-corrected chi connectivity index (χ4v) is 5.29. The summed E-state index contributed by atoms with van der Waals surface area (Å²) in [6.45, 7) is 2.83. The normalized spacial score (nSPS) is 17.0. The average Bonchev–Trinajstić information content (AvgIpc) is 3.03. The summed E-state index contributed by atoms with van der Waals surface area (Å²) >= 11 is 7.49. The minimum Gasteiger partial charge on any atom is -0.406 e. The molecular weight excluding hydrogens is 463 g/mol. The first-order valence-electron chi connectivity index (χ1n) is 10.3. The maximum atomic E-state index is 12.3. The van der Waals surface area contributed by atoms with Gasteiger partial charge in [0.2, 0.25) is 0 Å². The molecule has 0 saturated carbocycles. The fraction of sp³-hybridized carbons (Fsp3) is 0.409. The van der Waals surface area contributed by atoms with Crippen molar-refractivity contribution in [2.24, 2.45) is 5.92 Å². The van der Waals surface area contributed by atoms with Crippen LogP contribution >= 0.6 is 22.9 Å². The van der Waals surface area contributed by atoms with Crippen LogP contribution in [0, 0.1) is 11.3 Å². The van der Waals surface area contributed by atoms with Gasteiger partial charge in [-0.3, -0.25) is 5.41 Å². The highest BCUT2D eigenvalue weighted by Gasteiger charge is 2.31. The van der Waals surface area contributed by atoms with Crippen LogP contribution in [0.3, 0.4) is 0 Å². The smallest absolute Gasteiger partial charge is 0.406 e. The van der Waals surface area contributed by atoms with Crippen molar-refractivity contribution in [1.29, 1.82) is 5.41 Å². The zero-order valence-corrected chi connectivity index (χ0v) is 18.7. The molecule has 4 rings (SSSR count). The molecule has 0 unspecified atom stereocenters. The third kappa shape index (κ3) is 5.64. The van der Waals surface area contributed by atoms with Gasteiger partial charge in [-0.2, -0.15) is 0 Å². The van der Waals surface area contributed by atoms with E-state index in [1.54, 1.807) is 0 Å². The number of halogens is 4. The highest BCUT2D eigenvalue weighted by atomic mass is 35.5. The van der Waals surface area contributed by atoms with E-state index in [0.29, 0.717) is 27.9 Å². The minimum absolute atomic E-state index is 0.302. The topological polar surface area (TPSA) is 61.5 Å². The molecule has 1 aliphatic heterocycles. The van der Waals surface area contributed by atoms with E-state index < -0.39 is 12.5 Å². The van der Waals surface area contributed by atoms with Gasteiger partial charge in [0, 0.05) is 18.1 Å². The number of aliphatic hydroxyl groups is 1. The lowest BCUT2D eigenvalue weighted by Gasteiger charge is -2.33. The number of alkyl halides is 3. The van der Waals surface area contributed by atoms with Crippen molar-refractivity contribution in [1.82, 2.24) is 9.47 Å². The molecule has 0 amide bonds. The number of aromatic nitrogens is 1. The predicted octanol–water partition coefficient (Wildman–Crippen LogP) is 5.18. The highest BCUT2D eigenvalue weighted by Crippen LogP contribution is 2.27. The molecule has 1 fully saturated rings. The van der Waals surface area contributed by atoms with Crippen molar-refractivity contribution in [2.75, 3.05) is 19.6 Å². The van der Waals surface area contributed by atoms with Gasteiger partial charge in [0.1, 0.15) is 5.75 Å². The first-order chi connectivity index (χ1) is 15.2. The first-order valence-corrected chi connectivity index (χ1v) is 11.5. The summed E-state index contributed by atoms with van der Waals surface area (Å²) in [7, 11) is 0. The van der Waals surface area contributed by atoms with Crippen molar-refractivity contribution in [2.45, 2.75) is 31.9 Å². The summed E-state index contributed by atoms with van der Waals surface area (Å²) in [4.78, 5) is 2.68. The quantitative estimate of drug-likeness (QED) is 0.505. The van der Waals surface area contributed by atoms with Gasteiger partial charge in [-0.25, -0.2) is 0 Å². The molecule has 172 valence electrons.